The molecule has 1 aliphatic carbocycles. The number of nitrogens with zero attached hydrogens (tertiary/aromatic N) is 4. The molecule has 1 aliphatic heterocycles. The Morgan fingerprint density at radius 1 is 1.17 bits per heavy atom. The van der Waals surface area contributed by atoms with Crippen LogP contribution < -0.4 is 0 Å². The SMILES string of the molecule is O=C1CC(c2cccc3[nH]ncc23)CC(O)=C1C=NCCN1CCN(CCO)CC1. The molecule has 4 rings (SSSR count). The van der Waals surface area contributed by atoms with Crippen molar-refractivity contribution < 1.29 is 15.0 Å². The number of hydrogen-bond donors (Lipinski definition) is 3. The van der Waals surface area contributed by atoms with E-state index in [1.54, 1.807) is 12.4 Å². The van der Waals surface area contributed by atoms with Gasteiger partial charge in [-0.3, -0.25) is 24.7 Å². The Hall–Kier alpha value is -2.55. The number of aliphatic imine (C=N–C) groups is 1. The molecule has 2 heterocycles. The number of aliphatic hydroxyl groups is 2. The third-order valence-electron chi connectivity index (χ3n) is 6.09. The van der Waals surface area contributed by atoms with Gasteiger partial charge in [0.1, 0.15) is 5.76 Å². The number of aliphatic hydroxyl groups excluding tert-OH is 2. The first-order valence-electron chi connectivity index (χ1n) is 10.6. The molecule has 0 saturated carbocycles. The largest absolute Gasteiger partial charge is 0.511 e. The van der Waals surface area contributed by atoms with E-state index in [0.717, 1.165) is 55.7 Å². The highest BCUT2D eigenvalue weighted by molar-refractivity contribution is 6.14. The Labute approximate surface area is 175 Å². The van der Waals surface area contributed by atoms with Crippen LogP contribution in [0.15, 0.2) is 40.7 Å². The fraction of sp³-hybridized carbons (Fsp3) is 0.500. The van der Waals surface area contributed by atoms with E-state index in [2.05, 4.69) is 25.0 Å². The third-order valence-corrected chi connectivity index (χ3v) is 6.09. The highest BCUT2D eigenvalue weighted by atomic mass is 16.3. The van der Waals surface area contributed by atoms with Gasteiger partial charge >= 0.3 is 0 Å². The zero-order valence-corrected chi connectivity index (χ0v) is 17.1. The molecular weight excluding hydrogens is 382 g/mol. The van der Waals surface area contributed by atoms with E-state index >= 15 is 0 Å². The molecule has 1 saturated heterocycles. The fourth-order valence-corrected chi connectivity index (χ4v) is 4.36. The maximum absolute atomic E-state index is 12.7. The van der Waals surface area contributed by atoms with Crippen molar-refractivity contribution in [1.29, 1.82) is 0 Å². The van der Waals surface area contributed by atoms with Crippen LogP contribution in [0.4, 0.5) is 0 Å². The van der Waals surface area contributed by atoms with Gasteiger partial charge in [-0.2, -0.15) is 5.10 Å². The zero-order valence-electron chi connectivity index (χ0n) is 17.1. The van der Waals surface area contributed by atoms with Gasteiger partial charge in [-0.1, -0.05) is 12.1 Å². The van der Waals surface area contributed by atoms with Crippen LogP contribution in [0.1, 0.15) is 24.3 Å². The minimum Gasteiger partial charge on any atom is -0.511 e. The highest BCUT2D eigenvalue weighted by Gasteiger charge is 2.29. The summed E-state index contributed by atoms with van der Waals surface area (Å²) in [6, 6.07) is 5.90. The first-order valence-corrected chi connectivity index (χ1v) is 10.6. The van der Waals surface area contributed by atoms with Gasteiger partial charge in [0.15, 0.2) is 5.78 Å². The third kappa shape index (κ3) is 4.61. The number of rotatable bonds is 7. The standard InChI is InChI=1S/C22H29N5O3/c28-11-10-27-8-6-26(7-9-27)5-4-23-14-19-21(29)12-16(13-22(19)30)17-2-1-3-20-18(17)15-24-25-20/h1-3,14-16,28-29H,4-13H2,(H,24,25). The van der Waals surface area contributed by atoms with Gasteiger partial charge in [0.2, 0.25) is 0 Å². The van der Waals surface area contributed by atoms with Crippen molar-refractivity contribution >= 4 is 22.9 Å². The summed E-state index contributed by atoms with van der Waals surface area (Å²) >= 11 is 0. The molecule has 0 radical (unpaired) electrons. The van der Waals surface area contributed by atoms with E-state index < -0.39 is 0 Å². The molecule has 160 valence electrons. The van der Waals surface area contributed by atoms with Crippen LogP contribution in [-0.4, -0.2) is 94.6 Å². The molecule has 8 nitrogen and oxygen atoms in total. The molecule has 2 aliphatic rings. The summed E-state index contributed by atoms with van der Waals surface area (Å²) < 4.78 is 0. The summed E-state index contributed by atoms with van der Waals surface area (Å²) in [5.74, 6) is 0.00916. The van der Waals surface area contributed by atoms with Crippen molar-refractivity contribution in [3.63, 3.8) is 0 Å². The van der Waals surface area contributed by atoms with Crippen LogP contribution in [-0.2, 0) is 4.79 Å². The number of benzene rings is 1. The fourth-order valence-electron chi connectivity index (χ4n) is 4.36. The van der Waals surface area contributed by atoms with Crippen LogP contribution in [0.5, 0.6) is 0 Å². The smallest absolute Gasteiger partial charge is 0.168 e. The second-order valence-corrected chi connectivity index (χ2v) is 8.01. The lowest BCUT2D eigenvalue weighted by Gasteiger charge is -2.33. The topological polar surface area (TPSA) is 105 Å². The zero-order chi connectivity index (χ0) is 20.9. The van der Waals surface area contributed by atoms with Crippen molar-refractivity contribution in [2.24, 2.45) is 4.99 Å². The van der Waals surface area contributed by atoms with Gasteiger partial charge in [-0.15, -0.1) is 0 Å². The van der Waals surface area contributed by atoms with E-state index in [1.807, 2.05) is 18.2 Å². The number of carbonyl (C=O) groups excluding carboxylic acids is 1. The summed E-state index contributed by atoms with van der Waals surface area (Å²) in [5, 5.41) is 27.6. The average Bonchev–Trinajstić information content (AvgIpc) is 3.23. The lowest BCUT2D eigenvalue weighted by Crippen LogP contribution is -2.47. The van der Waals surface area contributed by atoms with Gasteiger partial charge in [-0.25, -0.2) is 0 Å². The molecule has 1 unspecified atom stereocenters. The predicted molar refractivity (Wildman–Crippen MR) is 116 cm³/mol. The lowest BCUT2D eigenvalue weighted by molar-refractivity contribution is -0.116. The van der Waals surface area contributed by atoms with Gasteiger partial charge in [-0.05, 0) is 17.5 Å². The minimum absolute atomic E-state index is 0.0498. The summed E-state index contributed by atoms with van der Waals surface area (Å²) in [5.41, 5.74) is 2.32. The van der Waals surface area contributed by atoms with E-state index in [-0.39, 0.29) is 24.1 Å². The van der Waals surface area contributed by atoms with Gasteiger partial charge in [0.05, 0.1) is 30.4 Å². The molecule has 0 amide bonds. The normalized spacial score (nSPS) is 21.9. The van der Waals surface area contributed by atoms with Crippen molar-refractivity contribution in [2.75, 3.05) is 52.4 Å². The van der Waals surface area contributed by atoms with E-state index in [9.17, 15) is 9.90 Å². The molecule has 2 aromatic rings. The van der Waals surface area contributed by atoms with Gasteiger partial charge in [0.25, 0.3) is 0 Å². The van der Waals surface area contributed by atoms with Crippen molar-refractivity contribution in [3.8, 4) is 0 Å². The number of ketones is 1. The number of fused-ring (bicyclic) bond motifs is 1. The molecule has 3 N–H and O–H groups in total. The molecular formula is C22H29N5O3. The Morgan fingerprint density at radius 3 is 2.67 bits per heavy atom. The Bertz CT molecular complexity index is 943. The summed E-state index contributed by atoms with van der Waals surface area (Å²) in [4.78, 5) is 21.7. The number of Topliss-reactive ketones (excluding diaryl/α,β-unsaturated/α-hetero) is 1. The van der Waals surface area contributed by atoms with Crippen LogP contribution in [0, 0.1) is 0 Å². The molecule has 1 fully saturated rings. The first-order chi connectivity index (χ1) is 14.7. The van der Waals surface area contributed by atoms with E-state index in [0.29, 0.717) is 25.0 Å². The number of hydrogen-bond acceptors (Lipinski definition) is 7. The molecule has 0 spiro atoms. The minimum atomic E-state index is -0.0642. The summed E-state index contributed by atoms with van der Waals surface area (Å²) in [6.07, 6.45) is 4.12. The molecule has 1 aromatic carbocycles. The summed E-state index contributed by atoms with van der Waals surface area (Å²) in [7, 11) is 0. The number of aromatic nitrogens is 2. The maximum atomic E-state index is 12.7. The molecule has 0 bridgehead atoms. The Kier molecular flexibility index (Phi) is 6.56. The maximum Gasteiger partial charge on any atom is 0.168 e. The first kappa shape index (κ1) is 20.7. The van der Waals surface area contributed by atoms with Crippen LogP contribution in [0.3, 0.4) is 0 Å². The van der Waals surface area contributed by atoms with Crippen LogP contribution >= 0.6 is 0 Å². The average molecular weight is 412 g/mol. The molecule has 1 atom stereocenters. The molecule has 8 heteroatoms. The van der Waals surface area contributed by atoms with Crippen molar-refractivity contribution in [1.82, 2.24) is 20.0 Å². The highest BCUT2D eigenvalue weighted by Crippen LogP contribution is 2.36. The number of carbonyl (C=O) groups is 1. The number of allylic oxidation sites excluding steroid dienone is 2. The number of piperazine rings is 1. The van der Waals surface area contributed by atoms with Crippen LogP contribution in [0.25, 0.3) is 10.9 Å². The number of β-amino-alcohol motifs (C(OH)–C–C–N with tert-alkyl or cyclic N) is 1. The van der Waals surface area contributed by atoms with Gasteiger partial charge in [0, 0.05) is 63.7 Å². The van der Waals surface area contributed by atoms with Crippen LogP contribution in [0.2, 0.25) is 0 Å². The number of H-pyrrole nitrogens is 1. The molecule has 1 aromatic heterocycles. The Balaban J connectivity index is 1.33. The van der Waals surface area contributed by atoms with E-state index in [4.69, 9.17) is 5.11 Å². The predicted octanol–water partition coefficient (Wildman–Crippen LogP) is 1.50. The van der Waals surface area contributed by atoms with Crippen molar-refractivity contribution in [2.45, 2.75) is 18.8 Å². The quantitative estimate of drug-likeness (QED) is 0.597. The van der Waals surface area contributed by atoms with Crippen molar-refractivity contribution in [3.05, 3.63) is 41.3 Å². The number of nitrogens with one attached hydrogen (secondary N) is 1. The van der Waals surface area contributed by atoms with Gasteiger partial charge < -0.3 is 10.2 Å². The van der Waals surface area contributed by atoms with E-state index in [1.165, 1.54) is 0 Å². The second kappa shape index (κ2) is 9.51. The molecule has 30 heavy (non-hydrogen) atoms. The Morgan fingerprint density at radius 2 is 1.93 bits per heavy atom. The monoisotopic (exact) mass is 411 g/mol. The summed E-state index contributed by atoms with van der Waals surface area (Å²) in [6.45, 7) is 6.21. The lowest BCUT2D eigenvalue weighted by atomic mass is 9.82. The second-order valence-electron chi connectivity index (χ2n) is 8.01. The number of aromatic amines is 1.